The van der Waals surface area contributed by atoms with Crippen molar-refractivity contribution in [3.05, 3.63) is 17.7 Å². The van der Waals surface area contributed by atoms with Crippen molar-refractivity contribution in [1.82, 2.24) is 4.31 Å². The molecular weight excluding hydrogens is 276 g/mol. The van der Waals surface area contributed by atoms with Gasteiger partial charge in [0.05, 0.1) is 6.61 Å². The molecule has 2 aliphatic heterocycles. The minimum absolute atomic E-state index is 0.237. The Hall–Kier alpha value is -1.27. The monoisotopic (exact) mass is 296 g/mol. The fourth-order valence-corrected chi connectivity index (χ4v) is 4.70. The van der Waals surface area contributed by atoms with E-state index in [-0.39, 0.29) is 4.90 Å². The highest BCUT2D eigenvalue weighted by Crippen LogP contribution is 2.37. The summed E-state index contributed by atoms with van der Waals surface area (Å²) in [5.41, 5.74) is 7.26. The van der Waals surface area contributed by atoms with Crippen LogP contribution >= 0.6 is 0 Å². The van der Waals surface area contributed by atoms with Crippen LogP contribution in [-0.4, -0.2) is 32.4 Å². The second-order valence-corrected chi connectivity index (χ2v) is 7.62. The van der Waals surface area contributed by atoms with Gasteiger partial charge in [-0.1, -0.05) is 6.92 Å². The predicted octanol–water partition coefficient (Wildman–Crippen LogP) is 1.62. The maximum absolute atomic E-state index is 12.8. The van der Waals surface area contributed by atoms with Crippen molar-refractivity contribution >= 4 is 15.7 Å². The van der Waals surface area contributed by atoms with E-state index < -0.39 is 10.0 Å². The van der Waals surface area contributed by atoms with E-state index in [0.717, 1.165) is 24.8 Å². The second kappa shape index (κ2) is 4.93. The highest BCUT2D eigenvalue weighted by molar-refractivity contribution is 7.89. The van der Waals surface area contributed by atoms with Gasteiger partial charge < -0.3 is 10.5 Å². The highest BCUT2D eigenvalue weighted by Gasteiger charge is 2.34. The van der Waals surface area contributed by atoms with Crippen LogP contribution in [0.1, 0.15) is 25.3 Å². The standard InChI is InChI=1S/C14H20N2O3S/c1-10-4-5-16(9-10)20(17,18)13-8-12(15)7-11-3-2-6-19-14(11)13/h7-8,10H,2-6,9,15H2,1H3. The van der Waals surface area contributed by atoms with Crippen LogP contribution in [0.25, 0.3) is 0 Å². The van der Waals surface area contributed by atoms with E-state index in [0.29, 0.717) is 37.1 Å². The largest absolute Gasteiger partial charge is 0.492 e. The lowest BCUT2D eigenvalue weighted by molar-refractivity contribution is 0.279. The van der Waals surface area contributed by atoms with E-state index in [9.17, 15) is 8.42 Å². The lowest BCUT2D eigenvalue weighted by atomic mass is 10.1. The lowest BCUT2D eigenvalue weighted by Crippen LogP contribution is -2.29. The molecule has 1 aromatic carbocycles. The Morgan fingerprint density at radius 2 is 2.20 bits per heavy atom. The Morgan fingerprint density at radius 3 is 2.90 bits per heavy atom. The van der Waals surface area contributed by atoms with Gasteiger partial charge in [0.25, 0.3) is 0 Å². The molecule has 20 heavy (non-hydrogen) atoms. The minimum atomic E-state index is -3.51. The van der Waals surface area contributed by atoms with Gasteiger partial charge in [0.2, 0.25) is 10.0 Å². The van der Waals surface area contributed by atoms with Gasteiger partial charge in [0.1, 0.15) is 10.6 Å². The molecule has 0 spiro atoms. The summed E-state index contributed by atoms with van der Waals surface area (Å²) in [5, 5.41) is 0. The van der Waals surface area contributed by atoms with Gasteiger partial charge in [-0.3, -0.25) is 0 Å². The van der Waals surface area contributed by atoms with Crippen LogP contribution in [0.3, 0.4) is 0 Å². The topological polar surface area (TPSA) is 72.6 Å². The number of aryl methyl sites for hydroxylation is 1. The summed E-state index contributed by atoms with van der Waals surface area (Å²) in [4.78, 5) is 0.237. The summed E-state index contributed by atoms with van der Waals surface area (Å²) < 4.78 is 32.8. The SMILES string of the molecule is CC1CCN(S(=O)(=O)c2cc(N)cc3c2OCCC3)C1. The number of nitrogens with two attached hydrogens (primary N) is 1. The summed E-state index contributed by atoms with van der Waals surface area (Å²) in [6, 6.07) is 3.35. The van der Waals surface area contributed by atoms with Gasteiger partial charge >= 0.3 is 0 Å². The molecule has 0 aromatic heterocycles. The van der Waals surface area contributed by atoms with Crippen molar-refractivity contribution in [2.24, 2.45) is 5.92 Å². The second-order valence-electron chi connectivity index (χ2n) is 5.72. The maximum Gasteiger partial charge on any atom is 0.246 e. The normalized spacial score (nSPS) is 23.4. The molecule has 0 amide bonds. The van der Waals surface area contributed by atoms with E-state index in [1.807, 2.05) is 6.07 Å². The van der Waals surface area contributed by atoms with Gasteiger partial charge in [-0.05, 0) is 42.9 Å². The number of benzene rings is 1. The van der Waals surface area contributed by atoms with Gasteiger partial charge in [-0.2, -0.15) is 4.31 Å². The molecule has 3 rings (SSSR count). The first-order valence-corrected chi connectivity index (χ1v) is 8.48. The van der Waals surface area contributed by atoms with Gasteiger partial charge in [0, 0.05) is 18.8 Å². The third kappa shape index (κ3) is 2.27. The number of ether oxygens (including phenoxy) is 1. The van der Waals surface area contributed by atoms with Crippen LogP contribution in [0.5, 0.6) is 5.75 Å². The molecule has 5 nitrogen and oxygen atoms in total. The summed E-state index contributed by atoms with van der Waals surface area (Å²) in [6.45, 7) is 3.79. The number of anilines is 1. The van der Waals surface area contributed by atoms with E-state index >= 15 is 0 Å². The van der Waals surface area contributed by atoms with Crippen molar-refractivity contribution in [2.75, 3.05) is 25.4 Å². The van der Waals surface area contributed by atoms with Crippen molar-refractivity contribution in [2.45, 2.75) is 31.1 Å². The number of hydrogen-bond donors (Lipinski definition) is 1. The molecule has 6 heteroatoms. The Kier molecular flexibility index (Phi) is 3.38. The number of hydrogen-bond acceptors (Lipinski definition) is 4. The van der Waals surface area contributed by atoms with Crippen molar-refractivity contribution in [3.63, 3.8) is 0 Å². The first-order valence-electron chi connectivity index (χ1n) is 7.04. The first kappa shape index (κ1) is 13.7. The Labute approximate surface area is 119 Å². The van der Waals surface area contributed by atoms with E-state index in [1.54, 1.807) is 4.31 Å². The number of sulfonamides is 1. The van der Waals surface area contributed by atoms with Crippen LogP contribution < -0.4 is 10.5 Å². The third-order valence-electron chi connectivity index (χ3n) is 4.00. The molecule has 0 radical (unpaired) electrons. The van der Waals surface area contributed by atoms with Crippen molar-refractivity contribution < 1.29 is 13.2 Å². The average Bonchev–Trinajstić information content (AvgIpc) is 2.85. The quantitative estimate of drug-likeness (QED) is 0.842. The molecular formula is C14H20N2O3S. The average molecular weight is 296 g/mol. The first-order chi connectivity index (χ1) is 9.48. The lowest BCUT2D eigenvalue weighted by Gasteiger charge is -2.23. The molecule has 110 valence electrons. The summed E-state index contributed by atoms with van der Waals surface area (Å²) in [5.74, 6) is 0.910. The van der Waals surface area contributed by atoms with Gasteiger partial charge in [0.15, 0.2) is 0 Å². The molecule has 1 unspecified atom stereocenters. The van der Waals surface area contributed by atoms with E-state index in [1.165, 1.54) is 6.07 Å². The number of fused-ring (bicyclic) bond motifs is 1. The van der Waals surface area contributed by atoms with Crippen molar-refractivity contribution in [1.29, 1.82) is 0 Å². The molecule has 1 atom stereocenters. The molecule has 2 heterocycles. The molecule has 1 aromatic rings. The molecule has 2 aliphatic rings. The summed E-state index contributed by atoms with van der Waals surface area (Å²) in [6.07, 6.45) is 2.63. The zero-order chi connectivity index (χ0) is 14.3. The molecule has 2 N–H and O–H groups in total. The molecule has 0 saturated carbocycles. The van der Waals surface area contributed by atoms with Crippen LogP contribution in [-0.2, 0) is 16.4 Å². The maximum atomic E-state index is 12.8. The van der Waals surface area contributed by atoms with Crippen molar-refractivity contribution in [3.8, 4) is 5.75 Å². The summed E-state index contributed by atoms with van der Waals surface area (Å²) in [7, 11) is -3.51. The fourth-order valence-electron chi connectivity index (χ4n) is 2.91. The predicted molar refractivity (Wildman–Crippen MR) is 77.2 cm³/mol. The minimum Gasteiger partial charge on any atom is -0.492 e. The van der Waals surface area contributed by atoms with Crippen LogP contribution in [0.2, 0.25) is 0 Å². The van der Waals surface area contributed by atoms with Crippen LogP contribution in [0.15, 0.2) is 17.0 Å². The Bertz CT molecular complexity index is 628. The Morgan fingerprint density at radius 1 is 1.40 bits per heavy atom. The number of nitrogen functional groups attached to an aromatic ring is 1. The molecule has 0 aliphatic carbocycles. The third-order valence-corrected chi connectivity index (χ3v) is 5.87. The zero-order valence-corrected chi connectivity index (χ0v) is 12.4. The smallest absolute Gasteiger partial charge is 0.246 e. The molecule has 1 fully saturated rings. The highest BCUT2D eigenvalue weighted by atomic mass is 32.2. The number of rotatable bonds is 2. The fraction of sp³-hybridized carbons (Fsp3) is 0.571. The van der Waals surface area contributed by atoms with Gasteiger partial charge in [-0.25, -0.2) is 8.42 Å². The molecule has 1 saturated heterocycles. The zero-order valence-electron chi connectivity index (χ0n) is 11.6. The van der Waals surface area contributed by atoms with Gasteiger partial charge in [-0.15, -0.1) is 0 Å². The van der Waals surface area contributed by atoms with E-state index in [2.05, 4.69) is 6.92 Å². The molecule has 0 bridgehead atoms. The van der Waals surface area contributed by atoms with Crippen LogP contribution in [0, 0.1) is 5.92 Å². The Balaban J connectivity index is 2.07. The van der Waals surface area contributed by atoms with Crippen LogP contribution in [0.4, 0.5) is 5.69 Å². The number of nitrogens with zero attached hydrogens (tertiary/aromatic N) is 1. The van der Waals surface area contributed by atoms with E-state index in [4.69, 9.17) is 10.5 Å². The summed E-state index contributed by atoms with van der Waals surface area (Å²) >= 11 is 0.